The molecule has 0 saturated heterocycles. The minimum atomic E-state index is -0.249. The van der Waals surface area contributed by atoms with E-state index in [2.05, 4.69) is 5.32 Å². The number of thiophene rings is 1. The number of amides is 1. The van der Waals surface area contributed by atoms with Gasteiger partial charge in [-0.2, -0.15) is 0 Å². The maximum Gasteiger partial charge on any atom is 0.306 e. The summed E-state index contributed by atoms with van der Waals surface area (Å²) >= 11 is 1.43. The lowest BCUT2D eigenvalue weighted by atomic mass is 10.0. The number of ketones is 1. The predicted molar refractivity (Wildman–Crippen MR) is 146 cm³/mol. The van der Waals surface area contributed by atoms with Crippen LogP contribution in [0.3, 0.4) is 0 Å². The van der Waals surface area contributed by atoms with E-state index >= 15 is 0 Å². The molecule has 2 aromatic carbocycles. The first kappa shape index (κ1) is 27.9. The molecule has 8 heteroatoms. The van der Waals surface area contributed by atoms with Gasteiger partial charge in [-0.05, 0) is 62.6 Å². The maximum atomic E-state index is 12.8. The second-order valence-corrected chi connectivity index (χ2v) is 9.25. The number of anilines is 1. The van der Waals surface area contributed by atoms with Crippen molar-refractivity contribution in [2.24, 2.45) is 0 Å². The van der Waals surface area contributed by atoms with Crippen molar-refractivity contribution in [3.05, 3.63) is 65.0 Å². The number of nitrogens with one attached hydrogen (secondary N) is 1. The van der Waals surface area contributed by atoms with E-state index in [1.54, 1.807) is 25.1 Å². The Bertz CT molecular complexity index is 1200. The Labute approximate surface area is 221 Å². The largest absolute Gasteiger partial charge is 0.490 e. The molecule has 0 bridgehead atoms. The highest BCUT2D eigenvalue weighted by Crippen LogP contribution is 2.36. The number of benzene rings is 2. The van der Waals surface area contributed by atoms with Crippen molar-refractivity contribution in [1.29, 1.82) is 0 Å². The smallest absolute Gasteiger partial charge is 0.306 e. The molecule has 0 spiro atoms. The summed E-state index contributed by atoms with van der Waals surface area (Å²) in [6, 6.07) is 16.8. The minimum Gasteiger partial charge on any atom is -0.490 e. The quantitative estimate of drug-likeness (QED) is 0.197. The van der Waals surface area contributed by atoms with E-state index in [9.17, 15) is 14.4 Å². The van der Waals surface area contributed by atoms with E-state index < -0.39 is 0 Å². The molecule has 37 heavy (non-hydrogen) atoms. The molecule has 196 valence electrons. The molecule has 0 radical (unpaired) electrons. The van der Waals surface area contributed by atoms with Gasteiger partial charge in [0.15, 0.2) is 17.3 Å². The third-order valence-electron chi connectivity index (χ3n) is 5.46. The molecule has 0 unspecified atom stereocenters. The van der Waals surface area contributed by atoms with Crippen molar-refractivity contribution < 1.29 is 28.6 Å². The van der Waals surface area contributed by atoms with Gasteiger partial charge in [0, 0.05) is 23.3 Å². The van der Waals surface area contributed by atoms with Crippen molar-refractivity contribution in [1.82, 2.24) is 0 Å². The minimum absolute atomic E-state index is 0.0484. The summed E-state index contributed by atoms with van der Waals surface area (Å²) < 4.78 is 16.2. The molecule has 3 rings (SSSR count). The average Bonchev–Trinajstić information content (AvgIpc) is 3.30. The molecule has 0 saturated carbocycles. The predicted octanol–water partition coefficient (Wildman–Crippen LogP) is 6.31. The normalized spacial score (nSPS) is 10.6. The van der Waals surface area contributed by atoms with Crippen LogP contribution in [0.4, 0.5) is 5.00 Å². The van der Waals surface area contributed by atoms with Crippen LogP contribution >= 0.6 is 11.3 Å². The van der Waals surface area contributed by atoms with Gasteiger partial charge in [0.1, 0.15) is 0 Å². The second kappa shape index (κ2) is 14.2. The number of rotatable bonds is 14. The lowest BCUT2D eigenvalue weighted by molar-refractivity contribution is -0.143. The summed E-state index contributed by atoms with van der Waals surface area (Å²) in [7, 11) is 0. The zero-order chi connectivity index (χ0) is 26.6. The standard InChI is InChI=1S/C29H33NO6S/c1-4-34-24-14-12-21(18-25(24)35-5-2)23(31)13-16-27(32)30-28-19-22(20-10-8-7-9-11-20)26(37-28)15-17-29(33)36-6-3/h7-12,14,18-19H,4-6,13,15-17H2,1-3H3,(H,30,32). The zero-order valence-electron chi connectivity index (χ0n) is 21.5. The highest BCUT2D eigenvalue weighted by Gasteiger charge is 2.17. The number of aryl methyl sites for hydroxylation is 1. The van der Waals surface area contributed by atoms with Gasteiger partial charge in [0.2, 0.25) is 5.91 Å². The first-order chi connectivity index (χ1) is 17.9. The van der Waals surface area contributed by atoms with Gasteiger partial charge >= 0.3 is 5.97 Å². The molecule has 0 fully saturated rings. The average molecular weight is 524 g/mol. The summed E-state index contributed by atoms with van der Waals surface area (Å²) in [4.78, 5) is 38.3. The van der Waals surface area contributed by atoms with E-state index in [0.29, 0.717) is 48.3 Å². The lowest BCUT2D eigenvalue weighted by Crippen LogP contribution is -2.13. The van der Waals surface area contributed by atoms with E-state index in [1.807, 2.05) is 50.2 Å². The highest BCUT2D eigenvalue weighted by atomic mass is 32.1. The summed E-state index contributed by atoms with van der Waals surface area (Å²) in [5.74, 6) is 0.458. The number of carbonyl (C=O) groups excluding carboxylic acids is 3. The fourth-order valence-electron chi connectivity index (χ4n) is 3.78. The molecule has 1 N–H and O–H groups in total. The Hall–Kier alpha value is -3.65. The van der Waals surface area contributed by atoms with Gasteiger partial charge in [-0.15, -0.1) is 11.3 Å². The molecular weight excluding hydrogens is 490 g/mol. The fourth-order valence-corrected chi connectivity index (χ4v) is 4.88. The van der Waals surface area contributed by atoms with Crippen LogP contribution in [0.15, 0.2) is 54.6 Å². The van der Waals surface area contributed by atoms with E-state index in [0.717, 1.165) is 16.0 Å². The highest BCUT2D eigenvalue weighted by molar-refractivity contribution is 7.16. The molecule has 7 nitrogen and oxygen atoms in total. The van der Waals surface area contributed by atoms with Crippen LogP contribution in [0, 0.1) is 0 Å². The van der Waals surface area contributed by atoms with Crippen molar-refractivity contribution in [3.8, 4) is 22.6 Å². The van der Waals surface area contributed by atoms with E-state index in [-0.39, 0.29) is 36.9 Å². The fraction of sp³-hybridized carbons (Fsp3) is 0.345. The third kappa shape index (κ3) is 8.18. The van der Waals surface area contributed by atoms with Crippen LogP contribution < -0.4 is 14.8 Å². The molecular formula is C29H33NO6S. The summed E-state index contributed by atoms with van der Waals surface area (Å²) in [6.45, 7) is 6.82. The van der Waals surface area contributed by atoms with Crippen molar-refractivity contribution in [3.63, 3.8) is 0 Å². The van der Waals surface area contributed by atoms with Crippen LogP contribution in [0.25, 0.3) is 11.1 Å². The van der Waals surface area contributed by atoms with Crippen molar-refractivity contribution >= 4 is 34.0 Å². The number of hydrogen-bond acceptors (Lipinski definition) is 7. The number of ether oxygens (including phenoxy) is 3. The number of carbonyl (C=O) groups is 3. The van der Waals surface area contributed by atoms with E-state index in [4.69, 9.17) is 14.2 Å². The molecule has 0 aliphatic carbocycles. The topological polar surface area (TPSA) is 90.9 Å². The van der Waals surface area contributed by atoms with Gasteiger partial charge in [0.05, 0.1) is 31.2 Å². The zero-order valence-corrected chi connectivity index (χ0v) is 22.3. The molecule has 0 aliphatic rings. The summed E-state index contributed by atoms with van der Waals surface area (Å²) in [6.07, 6.45) is 0.897. The second-order valence-electron chi connectivity index (χ2n) is 8.12. The van der Waals surface area contributed by atoms with E-state index in [1.165, 1.54) is 11.3 Å². The number of esters is 1. The van der Waals surface area contributed by atoms with Gasteiger partial charge < -0.3 is 19.5 Å². The first-order valence-corrected chi connectivity index (χ1v) is 13.3. The molecule has 1 amide bonds. The number of hydrogen-bond donors (Lipinski definition) is 1. The van der Waals surface area contributed by atoms with Crippen molar-refractivity contribution in [2.45, 2.75) is 46.5 Å². The van der Waals surface area contributed by atoms with Crippen molar-refractivity contribution in [2.75, 3.05) is 25.1 Å². The Balaban J connectivity index is 1.65. The molecule has 3 aromatic rings. The van der Waals surface area contributed by atoms with Crippen LogP contribution in [-0.4, -0.2) is 37.5 Å². The Morgan fingerprint density at radius 1 is 0.811 bits per heavy atom. The molecule has 0 atom stereocenters. The van der Waals surface area contributed by atoms with Crippen LogP contribution in [0.1, 0.15) is 55.3 Å². The van der Waals surface area contributed by atoms with Crippen LogP contribution in [0.2, 0.25) is 0 Å². The van der Waals surface area contributed by atoms with Gasteiger partial charge in [-0.1, -0.05) is 30.3 Å². The molecule has 1 aromatic heterocycles. The lowest BCUT2D eigenvalue weighted by Gasteiger charge is -2.12. The summed E-state index contributed by atoms with van der Waals surface area (Å²) in [5, 5.41) is 3.59. The Kier molecular flexibility index (Phi) is 10.7. The Morgan fingerprint density at radius 2 is 1.54 bits per heavy atom. The van der Waals surface area contributed by atoms with Crippen LogP contribution in [0.5, 0.6) is 11.5 Å². The van der Waals surface area contributed by atoms with Crippen LogP contribution in [-0.2, 0) is 20.7 Å². The monoisotopic (exact) mass is 523 g/mol. The van der Waals surface area contributed by atoms with Gasteiger partial charge in [-0.25, -0.2) is 0 Å². The van der Waals surface area contributed by atoms with Gasteiger partial charge in [0.25, 0.3) is 0 Å². The first-order valence-electron chi connectivity index (χ1n) is 12.5. The third-order valence-corrected chi connectivity index (χ3v) is 6.57. The Morgan fingerprint density at radius 3 is 2.24 bits per heavy atom. The SMILES string of the molecule is CCOC(=O)CCc1sc(NC(=O)CCC(=O)c2ccc(OCC)c(OCC)c2)cc1-c1ccccc1. The summed E-state index contributed by atoms with van der Waals surface area (Å²) in [5.41, 5.74) is 2.46. The maximum absolute atomic E-state index is 12.8. The molecule has 0 aliphatic heterocycles. The molecule has 1 heterocycles. The number of Topliss-reactive ketones (excluding diaryl/α,β-unsaturated/α-hetero) is 1. The van der Waals surface area contributed by atoms with Gasteiger partial charge in [-0.3, -0.25) is 14.4 Å².